The summed E-state index contributed by atoms with van der Waals surface area (Å²) < 4.78 is 0. The van der Waals surface area contributed by atoms with E-state index in [1.807, 2.05) is 36.4 Å². The van der Waals surface area contributed by atoms with Crippen LogP contribution in [0.3, 0.4) is 0 Å². The maximum absolute atomic E-state index is 11.1. The quantitative estimate of drug-likeness (QED) is 0.196. The molecule has 0 aromatic heterocycles. The van der Waals surface area contributed by atoms with Crippen molar-refractivity contribution in [2.45, 2.75) is 0 Å². The predicted octanol–water partition coefficient (Wildman–Crippen LogP) is 6.50. The van der Waals surface area contributed by atoms with Crippen LogP contribution in [0, 0.1) is 0 Å². The van der Waals surface area contributed by atoms with Gasteiger partial charge in [0.05, 0.1) is 0 Å². The number of para-hydroxylation sites is 6. The Bertz CT molecular complexity index is 1510. The molecule has 10 heteroatoms. The van der Waals surface area contributed by atoms with Gasteiger partial charge in [-0.25, -0.2) is 0 Å². The summed E-state index contributed by atoms with van der Waals surface area (Å²) in [6, 6.07) is 53.1. The standard InChI is InChI=1S/3C13H11NO2.Co/c3*15-13(16)14(11-7-3-1-4-8-11)12-9-5-2-6-10-12;/h3*1-10H,(H,15,16);/q;;;+3/p-3. The molecule has 49 heavy (non-hydrogen) atoms. The molecule has 0 bridgehead atoms. The van der Waals surface area contributed by atoms with Crippen LogP contribution in [0.5, 0.6) is 0 Å². The average Bonchev–Trinajstić information content (AvgIpc) is 3.12. The van der Waals surface area contributed by atoms with Gasteiger partial charge < -0.3 is 29.7 Å². The first-order chi connectivity index (χ1) is 23.4. The number of nitrogens with zero attached hydrogens (tertiary/aromatic N) is 3. The molecule has 246 valence electrons. The Morgan fingerprint density at radius 1 is 0.286 bits per heavy atom. The molecule has 9 nitrogen and oxygen atoms in total. The third-order valence-electron chi connectivity index (χ3n) is 6.63. The molecule has 0 aliphatic rings. The van der Waals surface area contributed by atoms with Gasteiger partial charge in [0.2, 0.25) is 0 Å². The minimum atomic E-state index is -1.24. The summed E-state index contributed by atoms with van der Waals surface area (Å²) in [5.74, 6) is 0. The second-order valence-electron chi connectivity index (χ2n) is 9.82. The molecule has 0 spiro atoms. The number of amides is 3. The zero-order valence-electron chi connectivity index (χ0n) is 25.9. The second-order valence-corrected chi connectivity index (χ2v) is 9.82. The van der Waals surface area contributed by atoms with Crippen molar-refractivity contribution < 1.29 is 46.5 Å². The van der Waals surface area contributed by atoms with Crippen LogP contribution in [0.4, 0.5) is 48.5 Å². The van der Waals surface area contributed by atoms with Gasteiger partial charge in [0.25, 0.3) is 0 Å². The summed E-state index contributed by atoms with van der Waals surface area (Å²) in [6.07, 6.45) is -3.72. The molecule has 0 N–H and O–H groups in total. The summed E-state index contributed by atoms with van der Waals surface area (Å²) in [7, 11) is 0. The van der Waals surface area contributed by atoms with Gasteiger partial charge in [-0.1, -0.05) is 109 Å². The number of carbonyl (C=O) groups excluding carboxylic acids is 3. The van der Waals surface area contributed by atoms with E-state index in [1.54, 1.807) is 146 Å². The summed E-state index contributed by atoms with van der Waals surface area (Å²) in [6.45, 7) is 0. The van der Waals surface area contributed by atoms with Crippen molar-refractivity contribution >= 4 is 52.4 Å². The van der Waals surface area contributed by atoms with Crippen molar-refractivity contribution in [1.82, 2.24) is 0 Å². The number of hydrogen-bond acceptors (Lipinski definition) is 6. The van der Waals surface area contributed by atoms with Crippen LogP contribution < -0.4 is 30.0 Å². The third-order valence-corrected chi connectivity index (χ3v) is 6.63. The molecule has 0 aliphatic carbocycles. The minimum Gasteiger partial charge on any atom is -0.529 e. The van der Waals surface area contributed by atoms with Crippen molar-refractivity contribution in [1.29, 1.82) is 0 Å². The Kier molecular flexibility index (Phi) is 14.6. The fraction of sp³-hybridized carbons (Fsp3) is 0. The number of anilines is 6. The fourth-order valence-corrected chi connectivity index (χ4v) is 4.54. The minimum absolute atomic E-state index is 0. The molecule has 6 rings (SSSR count). The van der Waals surface area contributed by atoms with E-state index >= 15 is 0 Å². The molecule has 0 saturated heterocycles. The molecule has 0 radical (unpaired) electrons. The van der Waals surface area contributed by atoms with Gasteiger partial charge in [-0.2, -0.15) is 0 Å². The van der Waals surface area contributed by atoms with E-state index in [0.29, 0.717) is 34.1 Å². The molecular weight excluding hydrogens is 665 g/mol. The molecule has 0 heterocycles. The molecule has 6 aromatic carbocycles. The maximum Gasteiger partial charge on any atom is 3.00 e. The van der Waals surface area contributed by atoms with Gasteiger partial charge in [0, 0.05) is 34.1 Å². The molecule has 0 saturated carbocycles. The third kappa shape index (κ3) is 10.9. The van der Waals surface area contributed by atoms with Crippen LogP contribution in [0.2, 0.25) is 0 Å². The Balaban J connectivity index is 0.000000197. The van der Waals surface area contributed by atoms with E-state index < -0.39 is 18.3 Å². The van der Waals surface area contributed by atoms with Crippen molar-refractivity contribution in [2.75, 3.05) is 14.7 Å². The van der Waals surface area contributed by atoms with E-state index in [2.05, 4.69) is 0 Å². The monoisotopic (exact) mass is 695 g/mol. The Morgan fingerprint density at radius 3 is 0.510 bits per heavy atom. The van der Waals surface area contributed by atoms with Crippen LogP contribution >= 0.6 is 0 Å². The summed E-state index contributed by atoms with van der Waals surface area (Å²) in [4.78, 5) is 36.8. The fourth-order valence-electron chi connectivity index (χ4n) is 4.54. The number of rotatable bonds is 6. The van der Waals surface area contributed by atoms with Crippen molar-refractivity contribution in [3.8, 4) is 0 Å². The van der Waals surface area contributed by atoms with Gasteiger partial charge in [0.1, 0.15) is 18.3 Å². The molecule has 0 atom stereocenters. The van der Waals surface area contributed by atoms with E-state index in [1.165, 1.54) is 0 Å². The normalized spacial score (nSPS) is 9.55. The van der Waals surface area contributed by atoms with Crippen molar-refractivity contribution in [2.24, 2.45) is 0 Å². The maximum atomic E-state index is 11.1. The van der Waals surface area contributed by atoms with Gasteiger partial charge in [0.15, 0.2) is 0 Å². The van der Waals surface area contributed by atoms with Gasteiger partial charge in [-0.15, -0.1) is 0 Å². The van der Waals surface area contributed by atoms with Crippen LogP contribution in [-0.2, 0) is 16.8 Å². The van der Waals surface area contributed by atoms with Gasteiger partial charge in [-0.05, 0) is 72.8 Å². The Morgan fingerprint density at radius 2 is 0.408 bits per heavy atom. The number of benzene rings is 6. The van der Waals surface area contributed by atoms with Gasteiger partial charge in [-0.3, -0.25) is 14.7 Å². The summed E-state index contributed by atoms with van der Waals surface area (Å²) in [5, 5.41) is 33.3. The molecule has 0 unspecified atom stereocenters. The van der Waals surface area contributed by atoms with Crippen molar-refractivity contribution in [3.63, 3.8) is 0 Å². The molecule has 3 amide bonds. The number of hydrogen-bond donors (Lipinski definition) is 0. The smallest absolute Gasteiger partial charge is 0.529 e. The largest absolute Gasteiger partial charge is 3.00 e. The average molecular weight is 696 g/mol. The predicted molar refractivity (Wildman–Crippen MR) is 181 cm³/mol. The van der Waals surface area contributed by atoms with E-state index in [0.717, 1.165) is 14.7 Å². The summed E-state index contributed by atoms with van der Waals surface area (Å²) >= 11 is 0. The molecule has 0 aliphatic heterocycles. The second kappa shape index (κ2) is 19.3. The van der Waals surface area contributed by atoms with Crippen LogP contribution in [-0.4, -0.2) is 18.3 Å². The topological polar surface area (TPSA) is 130 Å². The van der Waals surface area contributed by atoms with E-state index in [4.69, 9.17) is 0 Å². The number of carboxylic acid groups (broad SMARTS) is 3. The zero-order valence-corrected chi connectivity index (χ0v) is 27.0. The van der Waals surface area contributed by atoms with E-state index in [-0.39, 0.29) is 16.8 Å². The van der Waals surface area contributed by atoms with E-state index in [9.17, 15) is 29.7 Å². The van der Waals surface area contributed by atoms with Crippen molar-refractivity contribution in [3.05, 3.63) is 182 Å². The zero-order chi connectivity index (χ0) is 34.1. The Hall–Kier alpha value is -6.36. The van der Waals surface area contributed by atoms with Crippen LogP contribution in [0.15, 0.2) is 182 Å². The Labute approximate surface area is 294 Å². The van der Waals surface area contributed by atoms with Crippen LogP contribution in [0.25, 0.3) is 0 Å². The molecule has 6 aromatic rings. The summed E-state index contributed by atoms with van der Waals surface area (Å²) in [5.41, 5.74) is 3.47. The first-order valence-corrected chi connectivity index (χ1v) is 14.7. The molecule has 0 fully saturated rings. The van der Waals surface area contributed by atoms with Gasteiger partial charge >= 0.3 is 16.8 Å². The first kappa shape index (κ1) is 37.1. The number of carbonyl (C=O) groups is 3. The molecular formula is C39H30CoN3O6. The van der Waals surface area contributed by atoms with Crippen LogP contribution in [0.1, 0.15) is 0 Å². The first-order valence-electron chi connectivity index (χ1n) is 14.7. The SMILES string of the molecule is O=C([O-])N(c1ccccc1)c1ccccc1.O=C([O-])N(c1ccccc1)c1ccccc1.O=C([O-])N(c1ccccc1)c1ccccc1.[Co+3].